The second-order valence-corrected chi connectivity index (χ2v) is 4.94. The Bertz CT molecular complexity index is 590. The van der Waals surface area contributed by atoms with Gasteiger partial charge < -0.3 is 10.6 Å². The molecule has 0 spiro atoms. The molecule has 4 nitrogen and oxygen atoms in total. The highest BCUT2D eigenvalue weighted by molar-refractivity contribution is 14.0. The van der Waals surface area contributed by atoms with Crippen LogP contribution in [0.4, 0.5) is 0 Å². The molecule has 0 bridgehead atoms. The Morgan fingerprint density at radius 2 is 2.05 bits per heavy atom. The number of nitrogens with one attached hydrogen (secondary N) is 2. The molecule has 2 N–H and O–H groups in total. The van der Waals surface area contributed by atoms with E-state index in [2.05, 4.69) is 20.6 Å². The summed E-state index contributed by atoms with van der Waals surface area (Å²) in [6, 6.07) is 13.6. The van der Waals surface area contributed by atoms with Gasteiger partial charge in [-0.15, -0.1) is 24.0 Å². The quantitative estimate of drug-likeness (QED) is 0.433. The maximum Gasteiger partial charge on any atom is 0.191 e. The average Bonchev–Trinajstić information content (AvgIpc) is 2.51. The highest BCUT2D eigenvalue weighted by Crippen LogP contribution is 2.11. The molecule has 0 amide bonds. The summed E-state index contributed by atoms with van der Waals surface area (Å²) >= 11 is 5.97. The molecule has 0 unspecified atom stereocenters. The Labute approximate surface area is 153 Å². The molecule has 0 aliphatic carbocycles. The second-order valence-electron chi connectivity index (χ2n) is 4.50. The number of nitrogens with zero attached hydrogens (tertiary/aromatic N) is 2. The standard InChI is InChI=1S/C16H19ClN4.HI/c1-2-18-16(21-12-15-8-3-4-9-19-15)20-11-13-6-5-7-14(17)10-13;/h3-10H,2,11-12H2,1H3,(H2,18,20,21);1H. The van der Waals surface area contributed by atoms with E-state index in [1.807, 2.05) is 49.4 Å². The molecule has 0 aliphatic rings. The third kappa shape index (κ3) is 6.62. The number of hydrogen-bond donors (Lipinski definition) is 2. The van der Waals surface area contributed by atoms with Gasteiger partial charge in [0.15, 0.2) is 5.96 Å². The lowest BCUT2D eigenvalue weighted by Gasteiger charge is -2.11. The molecule has 1 aromatic heterocycles. The fourth-order valence-corrected chi connectivity index (χ4v) is 2.04. The highest BCUT2D eigenvalue weighted by Gasteiger charge is 1.99. The van der Waals surface area contributed by atoms with Gasteiger partial charge in [-0.1, -0.05) is 29.8 Å². The lowest BCUT2D eigenvalue weighted by atomic mass is 10.2. The lowest BCUT2D eigenvalue weighted by molar-refractivity contribution is 0.799. The number of aliphatic imine (C=N–C) groups is 1. The van der Waals surface area contributed by atoms with Crippen LogP contribution in [0.2, 0.25) is 5.02 Å². The van der Waals surface area contributed by atoms with E-state index in [-0.39, 0.29) is 24.0 Å². The largest absolute Gasteiger partial charge is 0.357 e. The Balaban J connectivity index is 0.00000242. The van der Waals surface area contributed by atoms with Gasteiger partial charge in [-0.05, 0) is 36.8 Å². The van der Waals surface area contributed by atoms with Crippen LogP contribution in [0.25, 0.3) is 0 Å². The zero-order valence-corrected chi connectivity index (χ0v) is 15.5. The number of rotatable bonds is 5. The van der Waals surface area contributed by atoms with Crippen molar-refractivity contribution < 1.29 is 0 Å². The maximum atomic E-state index is 5.97. The molecule has 0 aliphatic heterocycles. The van der Waals surface area contributed by atoms with E-state index >= 15 is 0 Å². The van der Waals surface area contributed by atoms with Crippen molar-refractivity contribution in [3.05, 3.63) is 64.9 Å². The molecule has 22 heavy (non-hydrogen) atoms. The van der Waals surface area contributed by atoms with Gasteiger partial charge in [-0.3, -0.25) is 4.98 Å². The van der Waals surface area contributed by atoms with E-state index in [4.69, 9.17) is 11.6 Å². The minimum Gasteiger partial charge on any atom is -0.357 e. The van der Waals surface area contributed by atoms with Gasteiger partial charge in [0.05, 0.1) is 18.8 Å². The molecular formula is C16H20ClIN4. The summed E-state index contributed by atoms with van der Waals surface area (Å²) < 4.78 is 0. The fourth-order valence-electron chi connectivity index (χ4n) is 1.82. The number of halogens is 2. The summed E-state index contributed by atoms with van der Waals surface area (Å²) in [5, 5.41) is 7.21. The van der Waals surface area contributed by atoms with Crippen LogP contribution in [-0.4, -0.2) is 17.5 Å². The van der Waals surface area contributed by atoms with Gasteiger partial charge in [0.1, 0.15) is 0 Å². The van der Waals surface area contributed by atoms with Crippen molar-refractivity contribution in [2.75, 3.05) is 6.54 Å². The first kappa shape index (κ1) is 18.7. The molecule has 2 aromatic rings. The summed E-state index contributed by atoms with van der Waals surface area (Å²) in [5.41, 5.74) is 2.06. The molecule has 0 saturated carbocycles. The monoisotopic (exact) mass is 430 g/mol. The Hall–Kier alpha value is -1.34. The van der Waals surface area contributed by atoms with E-state index in [0.717, 1.165) is 28.8 Å². The topological polar surface area (TPSA) is 49.3 Å². The summed E-state index contributed by atoms with van der Waals surface area (Å²) in [7, 11) is 0. The summed E-state index contributed by atoms with van der Waals surface area (Å²) in [5.74, 6) is 0.767. The van der Waals surface area contributed by atoms with Crippen molar-refractivity contribution in [1.29, 1.82) is 0 Å². The van der Waals surface area contributed by atoms with E-state index < -0.39 is 0 Å². The zero-order valence-electron chi connectivity index (χ0n) is 12.4. The fraction of sp³-hybridized carbons (Fsp3) is 0.250. The summed E-state index contributed by atoms with van der Waals surface area (Å²) in [6.07, 6.45) is 1.78. The Morgan fingerprint density at radius 1 is 1.18 bits per heavy atom. The molecule has 0 radical (unpaired) electrons. The Kier molecular flexibility index (Phi) is 8.84. The van der Waals surface area contributed by atoms with E-state index in [0.29, 0.717) is 13.1 Å². The van der Waals surface area contributed by atoms with E-state index in [1.54, 1.807) is 6.20 Å². The van der Waals surface area contributed by atoms with Crippen LogP contribution in [0.5, 0.6) is 0 Å². The van der Waals surface area contributed by atoms with Crippen LogP contribution in [0, 0.1) is 0 Å². The first-order valence-corrected chi connectivity index (χ1v) is 7.32. The van der Waals surface area contributed by atoms with E-state index in [9.17, 15) is 0 Å². The van der Waals surface area contributed by atoms with Crippen molar-refractivity contribution in [2.45, 2.75) is 20.0 Å². The number of benzene rings is 1. The highest BCUT2D eigenvalue weighted by atomic mass is 127. The summed E-state index contributed by atoms with van der Waals surface area (Å²) in [4.78, 5) is 8.83. The van der Waals surface area contributed by atoms with Crippen LogP contribution in [0.3, 0.4) is 0 Å². The molecule has 6 heteroatoms. The van der Waals surface area contributed by atoms with E-state index in [1.165, 1.54) is 0 Å². The van der Waals surface area contributed by atoms with Gasteiger partial charge in [0.2, 0.25) is 0 Å². The molecular weight excluding hydrogens is 411 g/mol. The SMILES string of the molecule is CCNC(=NCc1cccc(Cl)c1)NCc1ccccn1.I. The van der Waals surface area contributed by atoms with Gasteiger partial charge in [-0.2, -0.15) is 0 Å². The Morgan fingerprint density at radius 3 is 2.73 bits per heavy atom. The third-order valence-electron chi connectivity index (χ3n) is 2.82. The number of hydrogen-bond acceptors (Lipinski definition) is 2. The average molecular weight is 431 g/mol. The first-order chi connectivity index (χ1) is 10.3. The van der Waals surface area contributed by atoms with Crippen LogP contribution in [-0.2, 0) is 13.1 Å². The molecule has 2 rings (SSSR count). The molecule has 0 atom stereocenters. The van der Waals surface area contributed by atoms with Crippen LogP contribution in [0.15, 0.2) is 53.7 Å². The second kappa shape index (κ2) is 10.4. The molecule has 0 fully saturated rings. The van der Waals surface area contributed by atoms with Crippen molar-refractivity contribution in [3.8, 4) is 0 Å². The number of pyridine rings is 1. The van der Waals surface area contributed by atoms with Crippen molar-refractivity contribution in [1.82, 2.24) is 15.6 Å². The number of aromatic nitrogens is 1. The predicted molar refractivity (Wildman–Crippen MR) is 103 cm³/mol. The molecule has 1 heterocycles. The van der Waals surface area contributed by atoms with Crippen molar-refractivity contribution in [3.63, 3.8) is 0 Å². The maximum absolute atomic E-state index is 5.97. The minimum absolute atomic E-state index is 0. The van der Waals surface area contributed by atoms with Crippen molar-refractivity contribution >= 4 is 41.5 Å². The van der Waals surface area contributed by atoms with Gasteiger partial charge in [-0.25, -0.2) is 4.99 Å². The lowest BCUT2D eigenvalue weighted by Crippen LogP contribution is -2.36. The minimum atomic E-state index is 0. The predicted octanol–water partition coefficient (Wildman–Crippen LogP) is 3.61. The van der Waals surface area contributed by atoms with Gasteiger partial charge in [0, 0.05) is 17.8 Å². The van der Waals surface area contributed by atoms with Crippen LogP contribution >= 0.6 is 35.6 Å². The molecule has 0 saturated heterocycles. The zero-order chi connectivity index (χ0) is 14.9. The third-order valence-corrected chi connectivity index (χ3v) is 3.05. The van der Waals surface area contributed by atoms with Gasteiger partial charge >= 0.3 is 0 Å². The molecule has 118 valence electrons. The van der Waals surface area contributed by atoms with Crippen molar-refractivity contribution in [2.24, 2.45) is 4.99 Å². The smallest absolute Gasteiger partial charge is 0.191 e. The number of guanidine groups is 1. The summed E-state index contributed by atoms with van der Waals surface area (Å²) in [6.45, 7) is 4.07. The molecule has 1 aromatic carbocycles. The van der Waals surface area contributed by atoms with Gasteiger partial charge in [0.25, 0.3) is 0 Å². The van der Waals surface area contributed by atoms with Crippen LogP contribution in [0.1, 0.15) is 18.2 Å². The first-order valence-electron chi connectivity index (χ1n) is 6.94. The normalized spacial score (nSPS) is 10.7. The van der Waals surface area contributed by atoms with Crippen LogP contribution < -0.4 is 10.6 Å².